The molecule has 1 atom stereocenters. The lowest BCUT2D eigenvalue weighted by Gasteiger charge is -2.32. The summed E-state index contributed by atoms with van der Waals surface area (Å²) in [4.78, 5) is 24.4. The molecular weight excluding hydrogens is 308 g/mol. The van der Waals surface area contributed by atoms with Crippen LogP contribution in [0.4, 0.5) is 8.78 Å². The predicted octanol–water partition coefficient (Wildman–Crippen LogP) is 1.99. The molecule has 23 heavy (non-hydrogen) atoms. The van der Waals surface area contributed by atoms with Gasteiger partial charge in [0, 0.05) is 19.5 Å². The first kappa shape index (κ1) is 17.3. The zero-order valence-electron chi connectivity index (χ0n) is 12.6. The number of hydrogen-bond donors (Lipinski definition) is 1. The van der Waals surface area contributed by atoms with Gasteiger partial charge < -0.3 is 14.7 Å². The molecule has 1 heterocycles. The van der Waals surface area contributed by atoms with Crippen LogP contribution in [0.15, 0.2) is 18.2 Å². The largest absolute Gasteiger partial charge is 0.481 e. The fourth-order valence-electron chi connectivity index (χ4n) is 2.56. The number of hydrogen-bond acceptors (Lipinski definition) is 3. The first-order chi connectivity index (χ1) is 11.0. The van der Waals surface area contributed by atoms with Crippen molar-refractivity contribution in [2.75, 3.05) is 19.7 Å². The zero-order valence-corrected chi connectivity index (χ0v) is 12.6. The molecule has 0 unspecified atom stereocenters. The van der Waals surface area contributed by atoms with Crippen LogP contribution in [0.2, 0.25) is 0 Å². The van der Waals surface area contributed by atoms with Gasteiger partial charge in [0.15, 0.2) is 11.6 Å². The highest BCUT2D eigenvalue weighted by Crippen LogP contribution is 2.14. The molecule has 1 aromatic carbocycles. The first-order valence-corrected chi connectivity index (χ1v) is 7.51. The standard InChI is InChI=1S/C16H19F2NO4/c17-13-5-4-11(8-14(13)18)2-1-3-15(20)19-6-7-23-12(10-19)9-16(21)22/h4-5,8,12H,1-3,6-7,9-10H2,(H,21,22)/t12-/m1/s1. The molecule has 1 fully saturated rings. The Bertz CT molecular complexity index is 579. The van der Waals surface area contributed by atoms with E-state index in [-0.39, 0.29) is 25.3 Å². The number of benzene rings is 1. The van der Waals surface area contributed by atoms with Gasteiger partial charge >= 0.3 is 5.97 Å². The third kappa shape index (κ3) is 5.28. The van der Waals surface area contributed by atoms with E-state index in [4.69, 9.17) is 9.84 Å². The maximum absolute atomic E-state index is 13.1. The Morgan fingerprint density at radius 3 is 2.78 bits per heavy atom. The minimum absolute atomic E-state index is 0.0775. The van der Waals surface area contributed by atoms with Crippen molar-refractivity contribution in [1.82, 2.24) is 4.90 Å². The molecule has 2 rings (SSSR count). The van der Waals surface area contributed by atoms with Gasteiger partial charge in [0.05, 0.1) is 19.1 Å². The Balaban J connectivity index is 1.77. The van der Waals surface area contributed by atoms with E-state index in [1.807, 2.05) is 0 Å². The van der Waals surface area contributed by atoms with Crippen molar-refractivity contribution in [1.29, 1.82) is 0 Å². The Hall–Kier alpha value is -2.02. The van der Waals surface area contributed by atoms with E-state index in [2.05, 4.69) is 0 Å². The monoisotopic (exact) mass is 327 g/mol. The van der Waals surface area contributed by atoms with Crippen LogP contribution in [0.3, 0.4) is 0 Å². The summed E-state index contributed by atoms with van der Waals surface area (Å²) in [7, 11) is 0. The zero-order chi connectivity index (χ0) is 16.8. The number of morpholine rings is 1. The van der Waals surface area contributed by atoms with Gasteiger partial charge in [0.1, 0.15) is 0 Å². The number of carboxylic acid groups (broad SMARTS) is 1. The van der Waals surface area contributed by atoms with E-state index < -0.39 is 23.7 Å². The van der Waals surface area contributed by atoms with E-state index in [1.165, 1.54) is 6.07 Å². The molecular formula is C16H19F2NO4. The van der Waals surface area contributed by atoms with Gasteiger partial charge in [-0.15, -0.1) is 0 Å². The highest BCUT2D eigenvalue weighted by Gasteiger charge is 2.25. The first-order valence-electron chi connectivity index (χ1n) is 7.51. The van der Waals surface area contributed by atoms with E-state index in [0.29, 0.717) is 31.6 Å². The number of carbonyl (C=O) groups is 2. The summed E-state index contributed by atoms with van der Waals surface area (Å²) >= 11 is 0. The molecule has 0 aliphatic carbocycles. The molecule has 0 spiro atoms. The van der Waals surface area contributed by atoms with Crippen LogP contribution in [0.5, 0.6) is 0 Å². The van der Waals surface area contributed by atoms with E-state index >= 15 is 0 Å². The minimum Gasteiger partial charge on any atom is -0.481 e. The number of ether oxygens (including phenoxy) is 1. The number of halogens is 2. The fourth-order valence-corrected chi connectivity index (χ4v) is 2.56. The van der Waals surface area contributed by atoms with Crippen molar-refractivity contribution < 1.29 is 28.2 Å². The normalized spacial score (nSPS) is 18.0. The van der Waals surface area contributed by atoms with E-state index in [0.717, 1.165) is 12.1 Å². The van der Waals surface area contributed by atoms with Crippen molar-refractivity contribution in [3.63, 3.8) is 0 Å². The molecule has 126 valence electrons. The topological polar surface area (TPSA) is 66.8 Å². The van der Waals surface area contributed by atoms with Crippen molar-refractivity contribution in [3.05, 3.63) is 35.4 Å². The van der Waals surface area contributed by atoms with E-state index in [9.17, 15) is 18.4 Å². The van der Waals surface area contributed by atoms with Crippen LogP contribution < -0.4 is 0 Å². The SMILES string of the molecule is O=C(O)C[C@@H]1CN(C(=O)CCCc2ccc(F)c(F)c2)CCO1. The molecule has 1 aromatic rings. The Morgan fingerprint density at radius 1 is 1.30 bits per heavy atom. The number of rotatable bonds is 6. The summed E-state index contributed by atoms with van der Waals surface area (Å²) < 4.78 is 31.2. The van der Waals surface area contributed by atoms with E-state index in [1.54, 1.807) is 4.90 Å². The summed E-state index contributed by atoms with van der Waals surface area (Å²) in [5, 5.41) is 8.76. The molecule has 0 radical (unpaired) electrons. The van der Waals surface area contributed by atoms with Crippen LogP contribution >= 0.6 is 0 Å². The quantitative estimate of drug-likeness (QED) is 0.868. The lowest BCUT2D eigenvalue weighted by atomic mass is 10.1. The van der Waals surface area contributed by atoms with Crippen LogP contribution in [0.25, 0.3) is 0 Å². The number of aliphatic carboxylic acids is 1. The summed E-state index contributed by atoms with van der Waals surface area (Å²) in [5.74, 6) is -2.81. The van der Waals surface area contributed by atoms with Gasteiger partial charge in [-0.05, 0) is 30.5 Å². The lowest BCUT2D eigenvalue weighted by molar-refractivity contribution is -0.147. The van der Waals surface area contributed by atoms with Crippen LogP contribution in [-0.2, 0) is 20.7 Å². The molecule has 0 aromatic heterocycles. The van der Waals surface area contributed by atoms with Gasteiger partial charge in [-0.3, -0.25) is 9.59 Å². The summed E-state index contributed by atoms with van der Waals surface area (Å²) in [6.45, 7) is 1.04. The van der Waals surface area contributed by atoms with Gasteiger partial charge in [0.2, 0.25) is 5.91 Å². The second kappa shape index (κ2) is 8.01. The Labute approximate surface area is 132 Å². The molecule has 1 amide bonds. The predicted molar refractivity (Wildman–Crippen MR) is 77.9 cm³/mol. The van der Waals surface area contributed by atoms with Crippen LogP contribution in [-0.4, -0.2) is 47.7 Å². The molecule has 0 bridgehead atoms. The van der Waals surface area contributed by atoms with Gasteiger partial charge in [0.25, 0.3) is 0 Å². The molecule has 5 nitrogen and oxygen atoms in total. The Kier molecular flexibility index (Phi) is 6.04. The highest BCUT2D eigenvalue weighted by molar-refractivity contribution is 5.76. The number of nitrogens with zero attached hydrogens (tertiary/aromatic N) is 1. The summed E-state index contributed by atoms with van der Waals surface area (Å²) in [6, 6.07) is 3.71. The maximum Gasteiger partial charge on any atom is 0.306 e. The number of carbonyl (C=O) groups excluding carboxylic acids is 1. The fraction of sp³-hybridized carbons (Fsp3) is 0.500. The summed E-state index contributed by atoms with van der Waals surface area (Å²) in [6.07, 6.45) is 0.671. The van der Waals surface area contributed by atoms with Crippen molar-refractivity contribution >= 4 is 11.9 Å². The third-order valence-electron chi connectivity index (χ3n) is 3.73. The molecule has 7 heteroatoms. The van der Waals surface area contributed by atoms with Gasteiger partial charge in [-0.1, -0.05) is 6.07 Å². The van der Waals surface area contributed by atoms with Crippen LogP contribution in [0.1, 0.15) is 24.8 Å². The average Bonchev–Trinajstić information content (AvgIpc) is 2.50. The second-order valence-corrected chi connectivity index (χ2v) is 5.53. The third-order valence-corrected chi connectivity index (χ3v) is 3.73. The summed E-state index contributed by atoms with van der Waals surface area (Å²) in [5.41, 5.74) is 0.641. The lowest BCUT2D eigenvalue weighted by Crippen LogP contribution is -2.46. The molecule has 1 N–H and O–H groups in total. The molecule has 0 saturated carbocycles. The average molecular weight is 327 g/mol. The molecule has 1 saturated heterocycles. The van der Waals surface area contributed by atoms with Crippen molar-refractivity contribution in [2.24, 2.45) is 0 Å². The van der Waals surface area contributed by atoms with Crippen molar-refractivity contribution in [2.45, 2.75) is 31.8 Å². The number of aryl methyl sites for hydroxylation is 1. The van der Waals surface area contributed by atoms with Crippen molar-refractivity contribution in [3.8, 4) is 0 Å². The highest BCUT2D eigenvalue weighted by atomic mass is 19.2. The minimum atomic E-state index is -0.956. The second-order valence-electron chi connectivity index (χ2n) is 5.53. The molecule has 1 aliphatic heterocycles. The van der Waals surface area contributed by atoms with Gasteiger partial charge in [-0.2, -0.15) is 0 Å². The van der Waals surface area contributed by atoms with Gasteiger partial charge in [-0.25, -0.2) is 8.78 Å². The maximum atomic E-state index is 13.1. The number of amides is 1. The van der Waals surface area contributed by atoms with Crippen LogP contribution in [0, 0.1) is 11.6 Å². The smallest absolute Gasteiger partial charge is 0.306 e. The Morgan fingerprint density at radius 2 is 2.09 bits per heavy atom. The molecule has 1 aliphatic rings. The number of carboxylic acids is 1.